The van der Waals surface area contributed by atoms with Crippen molar-refractivity contribution in [2.45, 2.75) is 51.7 Å². The van der Waals surface area contributed by atoms with Crippen LogP contribution in [-0.2, 0) is 0 Å². The minimum absolute atomic E-state index is 0.0178. The Bertz CT molecular complexity index is 617. The second-order valence-electron chi connectivity index (χ2n) is 7.28. The zero-order valence-corrected chi connectivity index (χ0v) is 14.8. The molecule has 1 saturated carbocycles. The number of aliphatic hydroxyl groups is 1. The number of nitrogens with one attached hydrogen (secondary N) is 1. The van der Waals surface area contributed by atoms with E-state index >= 15 is 0 Å². The number of benzene rings is 1. The summed E-state index contributed by atoms with van der Waals surface area (Å²) in [5.41, 5.74) is 3.37. The van der Waals surface area contributed by atoms with Gasteiger partial charge < -0.3 is 20.1 Å². The van der Waals surface area contributed by atoms with Crippen molar-refractivity contribution in [3.8, 4) is 5.75 Å². The molecule has 1 aromatic rings. The average molecular weight is 332 g/mol. The molecule has 2 amide bonds. The van der Waals surface area contributed by atoms with E-state index in [9.17, 15) is 9.90 Å². The van der Waals surface area contributed by atoms with Crippen molar-refractivity contribution < 1.29 is 14.6 Å². The number of hydrogen-bond acceptors (Lipinski definition) is 3. The number of nitrogens with zero attached hydrogens (tertiary/aromatic N) is 1. The molecule has 3 rings (SSSR count). The minimum atomic E-state index is -0.269. The van der Waals surface area contributed by atoms with Gasteiger partial charge in [-0.15, -0.1) is 0 Å². The zero-order chi connectivity index (χ0) is 17.3. The molecule has 1 aliphatic carbocycles. The molecule has 3 atom stereocenters. The summed E-state index contributed by atoms with van der Waals surface area (Å²) in [5, 5.41) is 13.1. The fraction of sp³-hybridized carbons (Fsp3) is 0.632. The Morgan fingerprint density at radius 3 is 2.83 bits per heavy atom. The van der Waals surface area contributed by atoms with Crippen LogP contribution < -0.4 is 10.1 Å². The third kappa shape index (κ3) is 3.51. The van der Waals surface area contributed by atoms with Crippen LogP contribution in [0.5, 0.6) is 5.75 Å². The Kier molecular flexibility index (Phi) is 4.99. The van der Waals surface area contributed by atoms with Gasteiger partial charge in [0, 0.05) is 31.5 Å². The maximum atomic E-state index is 12.6. The Labute approximate surface area is 144 Å². The first kappa shape index (κ1) is 17.1. The van der Waals surface area contributed by atoms with Gasteiger partial charge in [-0.2, -0.15) is 0 Å². The molecule has 0 aromatic heterocycles. The van der Waals surface area contributed by atoms with Gasteiger partial charge in [0.25, 0.3) is 0 Å². The molecule has 0 saturated heterocycles. The van der Waals surface area contributed by atoms with E-state index in [1.165, 1.54) is 5.56 Å². The van der Waals surface area contributed by atoms with E-state index in [1.54, 1.807) is 4.90 Å². The third-order valence-electron chi connectivity index (χ3n) is 5.25. The van der Waals surface area contributed by atoms with Crippen LogP contribution in [0.4, 0.5) is 4.79 Å². The fourth-order valence-electron chi connectivity index (χ4n) is 3.95. The topological polar surface area (TPSA) is 61.8 Å². The number of rotatable bonds is 3. The van der Waals surface area contributed by atoms with E-state index in [0.29, 0.717) is 13.2 Å². The van der Waals surface area contributed by atoms with Crippen molar-refractivity contribution in [3.05, 3.63) is 28.8 Å². The number of ether oxygens (including phenoxy) is 1. The molecule has 132 valence electrons. The lowest BCUT2D eigenvalue weighted by Crippen LogP contribution is -2.43. The second-order valence-corrected chi connectivity index (χ2v) is 7.28. The highest BCUT2D eigenvalue weighted by Gasteiger charge is 2.29. The molecule has 2 N–H and O–H groups in total. The normalized spacial score (nSPS) is 25.8. The third-order valence-corrected chi connectivity index (χ3v) is 5.25. The van der Waals surface area contributed by atoms with Crippen LogP contribution in [0.3, 0.4) is 0 Å². The number of carbonyl (C=O) groups is 1. The molecule has 2 aliphatic rings. The Balaban J connectivity index is 1.67. The number of aryl methyl sites for hydroxylation is 2. The average Bonchev–Trinajstić information content (AvgIpc) is 2.93. The SMILES string of the molecule is Cc1cc(C)c2c(c1)[C@H](NC(=O)N(C)C[C@@H]1CCC[C@H]1O)CCO2. The van der Waals surface area contributed by atoms with E-state index in [0.717, 1.165) is 42.6 Å². The molecule has 0 radical (unpaired) electrons. The summed E-state index contributed by atoms with van der Waals surface area (Å²) in [6, 6.07) is 4.12. The molecule has 1 heterocycles. The van der Waals surface area contributed by atoms with Gasteiger partial charge in [0.05, 0.1) is 18.8 Å². The van der Waals surface area contributed by atoms with Gasteiger partial charge in [-0.1, -0.05) is 24.1 Å². The number of urea groups is 1. The summed E-state index contributed by atoms with van der Waals surface area (Å²) in [4.78, 5) is 14.3. The van der Waals surface area contributed by atoms with Crippen molar-refractivity contribution in [1.82, 2.24) is 10.2 Å². The number of hydrogen-bond donors (Lipinski definition) is 2. The Hall–Kier alpha value is -1.75. The molecule has 1 fully saturated rings. The van der Waals surface area contributed by atoms with Crippen LogP contribution in [0.15, 0.2) is 12.1 Å². The van der Waals surface area contributed by atoms with E-state index in [4.69, 9.17) is 4.74 Å². The number of carbonyl (C=O) groups excluding carboxylic acids is 1. The minimum Gasteiger partial charge on any atom is -0.493 e. The van der Waals surface area contributed by atoms with Crippen molar-refractivity contribution in [3.63, 3.8) is 0 Å². The van der Waals surface area contributed by atoms with Crippen LogP contribution in [0.2, 0.25) is 0 Å². The van der Waals surface area contributed by atoms with Crippen molar-refractivity contribution in [2.24, 2.45) is 5.92 Å². The maximum absolute atomic E-state index is 12.6. The lowest BCUT2D eigenvalue weighted by molar-refractivity contribution is 0.113. The van der Waals surface area contributed by atoms with Gasteiger partial charge >= 0.3 is 6.03 Å². The van der Waals surface area contributed by atoms with Crippen LogP contribution >= 0.6 is 0 Å². The van der Waals surface area contributed by atoms with Gasteiger partial charge in [-0.3, -0.25) is 0 Å². The van der Waals surface area contributed by atoms with Crippen LogP contribution in [0.25, 0.3) is 0 Å². The predicted octanol–water partition coefficient (Wildman–Crippen LogP) is 2.93. The van der Waals surface area contributed by atoms with Gasteiger partial charge in [0.15, 0.2) is 0 Å². The molecule has 5 nitrogen and oxygen atoms in total. The van der Waals surface area contributed by atoms with Crippen molar-refractivity contribution >= 4 is 6.03 Å². The van der Waals surface area contributed by atoms with Gasteiger partial charge in [0.1, 0.15) is 5.75 Å². The number of amides is 2. The smallest absolute Gasteiger partial charge is 0.317 e. The summed E-state index contributed by atoms with van der Waals surface area (Å²) < 4.78 is 5.81. The van der Waals surface area contributed by atoms with Gasteiger partial charge in [-0.25, -0.2) is 4.79 Å². The standard InChI is InChI=1S/C19H28N2O3/c1-12-9-13(2)18-15(10-12)16(7-8-24-18)20-19(23)21(3)11-14-5-4-6-17(14)22/h9-10,14,16-17,22H,4-8,11H2,1-3H3,(H,20,23)/t14-,16+,17+/m0/s1. The molecule has 1 aliphatic heterocycles. The molecule has 1 aromatic carbocycles. The zero-order valence-electron chi connectivity index (χ0n) is 14.8. The molecular formula is C19H28N2O3. The predicted molar refractivity (Wildman–Crippen MR) is 93.3 cm³/mol. The second kappa shape index (κ2) is 7.01. The number of aliphatic hydroxyl groups excluding tert-OH is 1. The lowest BCUT2D eigenvalue weighted by atomic mass is 9.96. The molecule has 0 bridgehead atoms. The van der Waals surface area contributed by atoms with Crippen molar-refractivity contribution in [2.75, 3.05) is 20.2 Å². The van der Waals surface area contributed by atoms with Crippen molar-refractivity contribution in [1.29, 1.82) is 0 Å². The van der Waals surface area contributed by atoms with Gasteiger partial charge in [-0.05, 0) is 32.3 Å². The molecular weight excluding hydrogens is 304 g/mol. The lowest BCUT2D eigenvalue weighted by Gasteiger charge is -2.31. The van der Waals surface area contributed by atoms with Crippen LogP contribution in [0.1, 0.15) is 48.4 Å². The quantitative estimate of drug-likeness (QED) is 0.894. The molecule has 0 spiro atoms. The maximum Gasteiger partial charge on any atom is 0.317 e. The highest BCUT2D eigenvalue weighted by Crippen LogP contribution is 2.35. The first-order valence-electron chi connectivity index (χ1n) is 8.89. The Morgan fingerprint density at radius 1 is 1.33 bits per heavy atom. The van der Waals surface area contributed by atoms with E-state index < -0.39 is 0 Å². The van der Waals surface area contributed by atoms with Crippen LogP contribution in [0, 0.1) is 19.8 Å². The first-order valence-corrected chi connectivity index (χ1v) is 8.89. The summed E-state index contributed by atoms with van der Waals surface area (Å²) in [6.45, 7) is 5.33. The monoisotopic (exact) mass is 332 g/mol. The summed E-state index contributed by atoms with van der Waals surface area (Å²) in [5.74, 6) is 1.11. The molecule has 0 unspecified atom stereocenters. The fourth-order valence-corrected chi connectivity index (χ4v) is 3.95. The Morgan fingerprint density at radius 2 is 2.12 bits per heavy atom. The molecule has 5 heteroatoms. The highest BCUT2D eigenvalue weighted by atomic mass is 16.5. The largest absolute Gasteiger partial charge is 0.493 e. The highest BCUT2D eigenvalue weighted by molar-refractivity contribution is 5.74. The van der Waals surface area contributed by atoms with Crippen LogP contribution in [-0.4, -0.2) is 42.3 Å². The summed E-state index contributed by atoms with van der Waals surface area (Å²) in [7, 11) is 1.81. The number of fused-ring (bicyclic) bond motifs is 1. The first-order chi connectivity index (χ1) is 11.5. The van der Waals surface area contributed by atoms with E-state index in [1.807, 2.05) is 14.0 Å². The summed E-state index contributed by atoms with van der Waals surface area (Å²) >= 11 is 0. The summed E-state index contributed by atoms with van der Waals surface area (Å²) in [6.07, 6.45) is 3.41. The van der Waals surface area contributed by atoms with E-state index in [-0.39, 0.29) is 24.1 Å². The van der Waals surface area contributed by atoms with E-state index in [2.05, 4.69) is 24.4 Å². The molecule has 24 heavy (non-hydrogen) atoms. The van der Waals surface area contributed by atoms with Gasteiger partial charge in [0.2, 0.25) is 0 Å².